The zero-order valence-corrected chi connectivity index (χ0v) is 14.3. The van der Waals surface area contributed by atoms with Crippen molar-refractivity contribution in [2.75, 3.05) is 13.1 Å². The van der Waals surface area contributed by atoms with Crippen LogP contribution in [0.3, 0.4) is 0 Å². The van der Waals surface area contributed by atoms with Crippen LogP contribution in [-0.2, 0) is 0 Å². The number of rotatable bonds is 10. The third kappa shape index (κ3) is 7.43. The fourth-order valence-electron chi connectivity index (χ4n) is 1.73. The van der Waals surface area contributed by atoms with Gasteiger partial charge in [-0.2, -0.15) is 0 Å². The minimum absolute atomic E-state index is 0.274. The lowest BCUT2D eigenvalue weighted by Gasteiger charge is -2.26. The van der Waals surface area contributed by atoms with Gasteiger partial charge in [0.2, 0.25) is 0 Å². The van der Waals surface area contributed by atoms with Gasteiger partial charge in [0.1, 0.15) is 0 Å². The molecular formula is C15H32N4O2. The molecule has 0 aliphatic heterocycles. The van der Waals surface area contributed by atoms with Gasteiger partial charge in [0, 0.05) is 0 Å². The van der Waals surface area contributed by atoms with Gasteiger partial charge in [0.25, 0.3) is 0 Å². The Morgan fingerprint density at radius 1 is 0.762 bits per heavy atom. The molecule has 6 nitrogen and oxygen atoms in total. The molecule has 0 fully saturated rings. The topological polar surface area (TPSA) is 89.2 Å². The monoisotopic (exact) mass is 300 g/mol. The molecule has 0 atom stereocenters. The SMILES string of the molecule is CC(=NO)C(C)(C)NCCCCCNC(C)(C)C(C)=NO. The van der Waals surface area contributed by atoms with Gasteiger partial charge in [0.15, 0.2) is 0 Å². The maximum absolute atomic E-state index is 8.80. The van der Waals surface area contributed by atoms with Crippen LogP contribution in [0.25, 0.3) is 0 Å². The van der Waals surface area contributed by atoms with Crippen molar-refractivity contribution in [1.82, 2.24) is 10.6 Å². The Morgan fingerprint density at radius 2 is 1.10 bits per heavy atom. The summed E-state index contributed by atoms with van der Waals surface area (Å²) in [5.74, 6) is 0. The molecule has 0 heterocycles. The summed E-state index contributed by atoms with van der Waals surface area (Å²) >= 11 is 0. The van der Waals surface area contributed by atoms with Crippen molar-refractivity contribution < 1.29 is 10.4 Å². The molecule has 0 spiro atoms. The number of nitrogens with one attached hydrogen (secondary N) is 2. The van der Waals surface area contributed by atoms with Crippen molar-refractivity contribution in [3.05, 3.63) is 0 Å². The largest absolute Gasteiger partial charge is 0.411 e. The molecule has 0 amide bonds. The van der Waals surface area contributed by atoms with Crippen LogP contribution in [0, 0.1) is 0 Å². The van der Waals surface area contributed by atoms with Gasteiger partial charge < -0.3 is 21.0 Å². The van der Waals surface area contributed by atoms with Crippen LogP contribution >= 0.6 is 0 Å². The molecule has 4 N–H and O–H groups in total. The van der Waals surface area contributed by atoms with E-state index in [1.54, 1.807) is 0 Å². The highest BCUT2D eigenvalue weighted by Gasteiger charge is 2.21. The fourth-order valence-corrected chi connectivity index (χ4v) is 1.73. The van der Waals surface area contributed by atoms with Crippen molar-refractivity contribution >= 4 is 11.4 Å². The summed E-state index contributed by atoms with van der Waals surface area (Å²) in [5, 5.41) is 30.9. The number of hydrogen-bond donors (Lipinski definition) is 4. The van der Waals surface area contributed by atoms with Crippen LogP contribution in [0.2, 0.25) is 0 Å². The molecule has 0 rings (SSSR count). The molecule has 6 heteroatoms. The minimum atomic E-state index is -0.274. The molecule has 124 valence electrons. The van der Waals surface area contributed by atoms with Gasteiger partial charge in [-0.1, -0.05) is 16.7 Å². The van der Waals surface area contributed by atoms with Crippen LogP contribution in [0.1, 0.15) is 60.8 Å². The summed E-state index contributed by atoms with van der Waals surface area (Å²) in [6, 6.07) is 0. The molecule has 0 unspecified atom stereocenters. The highest BCUT2D eigenvalue weighted by Crippen LogP contribution is 2.07. The van der Waals surface area contributed by atoms with Crippen molar-refractivity contribution in [1.29, 1.82) is 0 Å². The lowest BCUT2D eigenvalue weighted by Crippen LogP contribution is -2.46. The van der Waals surface area contributed by atoms with E-state index in [1.807, 2.05) is 41.5 Å². The third-order valence-corrected chi connectivity index (χ3v) is 4.10. The molecular weight excluding hydrogens is 268 g/mol. The Bertz CT molecular complexity index is 329. The summed E-state index contributed by atoms with van der Waals surface area (Å²) in [6.45, 7) is 13.4. The van der Waals surface area contributed by atoms with Crippen LogP contribution in [0.15, 0.2) is 10.3 Å². The second-order valence-electron chi connectivity index (χ2n) is 6.54. The zero-order chi connectivity index (χ0) is 16.5. The van der Waals surface area contributed by atoms with E-state index in [9.17, 15) is 0 Å². The van der Waals surface area contributed by atoms with E-state index >= 15 is 0 Å². The fraction of sp³-hybridized carbons (Fsp3) is 0.867. The van der Waals surface area contributed by atoms with Crippen LogP contribution in [0.4, 0.5) is 0 Å². The van der Waals surface area contributed by atoms with E-state index in [-0.39, 0.29) is 11.1 Å². The van der Waals surface area contributed by atoms with Gasteiger partial charge >= 0.3 is 0 Å². The highest BCUT2D eigenvalue weighted by molar-refractivity contribution is 5.90. The quantitative estimate of drug-likeness (QED) is 0.216. The second kappa shape index (κ2) is 9.00. The van der Waals surface area contributed by atoms with Crippen molar-refractivity contribution in [3.63, 3.8) is 0 Å². The smallest absolute Gasteiger partial charge is 0.0734 e. The Balaban J connectivity index is 3.80. The van der Waals surface area contributed by atoms with Crippen LogP contribution < -0.4 is 10.6 Å². The summed E-state index contributed by atoms with van der Waals surface area (Å²) < 4.78 is 0. The lowest BCUT2D eigenvalue weighted by atomic mass is 9.99. The molecule has 0 saturated carbocycles. The van der Waals surface area contributed by atoms with E-state index < -0.39 is 0 Å². The highest BCUT2D eigenvalue weighted by atomic mass is 16.4. The van der Waals surface area contributed by atoms with Crippen LogP contribution in [-0.4, -0.2) is 46.0 Å². The number of nitrogens with zero attached hydrogens (tertiary/aromatic N) is 2. The molecule has 21 heavy (non-hydrogen) atoms. The minimum Gasteiger partial charge on any atom is -0.411 e. The Morgan fingerprint density at radius 3 is 1.38 bits per heavy atom. The van der Waals surface area contributed by atoms with E-state index in [0.717, 1.165) is 32.4 Å². The van der Waals surface area contributed by atoms with Gasteiger partial charge in [-0.05, 0) is 67.5 Å². The molecule has 0 radical (unpaired) electrons. The van der Waals surface area contributed by atoms with E-state index in [0.29, 0.717) is 11.4 Å². The molecule has 0 aromatic heterocycles. The third-order valence-electron chi connectivity index (χ3n) is 4.10. The molecule has 0 aromatic carbocycles. The molecule has 0 saturated heterocycles. The Kier molecular flexibility index (Phi) is 8.51. The molecule has 0 aliphatic carbocycles. The second-order valence-corrected chi connectivity index (χ2v) is 6.54. The predicted octanol–water partition coefficient (Wildman–Crippen LogP) is 2.59. The summed E-state index contributed by atoms with van der Waals surface area (Å²) in [7, 11) is 0. The number of oxime groups is 2. The maximum Gasteiger partial charge on any atom is 0.0734 e. The van der Waals surface area contributed by atoms with E-state index in [1.165, 1.54) is 0 Å². The number of unbranched alkanes of at least 4 members (excludes halogenated alkanes) is 2. The summed E-state index contributed by atoms with van der Waals surface area (Å²) in [6.07, 6.45) is 3.24. The Labute approximate surface area is 128 Å². The van der Waals surface area contributed by atoms with Crippen molar-refractivity contribution in [2.45, 2.75) is 71.9 Å². The summed E-state index contributed by atoms with van der Waals surface area (Å²) in [4.78, 5) is 0. The van der Waals surface area contributed by atoms with Gasteiger partial charge in [-0.15, -0.1) is 0 Å². The van der Waals surface area contributed by atoms with Crippen molar-refractivity contribution in [3.8, 4) is 0 Å². The maximum atomic E-state index is 8.80. The first-order valence-corrected chi connectivity index (χ1v) is 7.55. The van der Waals surface area contributed by atoms with E-state index in [2.05, 4.69) is 20.9 Å². The first-order chi connectivity index (χ1) is 9.67. The first kappa shape index (κ1) is 19.9. The molecule has 0 aliphatic rings. The van der Waals surface area contributed by atoms with Crippen molar-refractivity contribution in [2.24, 2.45) is 10.3 Å². The lowest BCUT2D eigenvalue weighted by molar-refractivity contribution is 0.310. The van der Waals surface area contributed by atoms with Gasteiger partial charge in [-0.3, -0.25) is 0 Å². The van der Waals surface area contributed by atoms with E-state index in [4.69, 9.17) is 10.4 Å². The normalized spacial score (nSPS) is 14.6. The molecule has 0 bridgehead atoms. The van der Waals surface area contributed by atoms with Gasteiger partial charge in [-0.25, -0.2) is 0 Å². The zero-order valence-electron chi connectivity index (χ0n) is 14.3. The summed E-state index contributed by atoms with van der Waals surface area (Å²) in [5.41, 5.74) is 0.822. The predicted molar refractivity (Wildman–Crippen MR) is 87.8 cm³/mol. The standard InChI is InChI=1S/C15H32N4O2/c1-12(18-20)14(3,4)16-10-8-7-9-11-17-15(5,6)13(2)19-21/h16-17,20-21H,7-11H2,1-6H3. The Hall–Kier alpha value is -1.14. The average Bonchev–Trinajstić information content (AvgIpc) is 2.43. The first-order valence-electron chi connectivity index (χ1n) is 7.55. The van der Waals surface area contributed by atoms with Crippen LogP contribution in [0.5, 0.6) is 0 Å². The van der Waals surface area contributed by atoms with Gasteiger partial charge in [0.05, 0.1) is 22.5 Å². The number of hydrogen-bond acceptors (Lipinski definition) is 6. The average molecular weight is 300 g/mol. The molecule has 0 aromatic rings.